The van der Waals surface area contributed by atoms with Crippen molar-refractivity contribution >= 4 is 12.0 Å². The number of carbonyl (C=O) groups excluding carboxylic acids is 1. The minimum absolute atomic E-state index is 0.107. The SMILES string of the molecule is CC(C)CC(C)N(C)C(=O)NCCn1cc(C(=O)O)nn1. The average Bonchev–Trinajstić information content (AvgIpc) is 2.85. The lowest BCUT2D eigenvalue weighted by Crippen LogP contribution is -2.43. The predicted molar refractivity (Wildman–Crippen MR) is 77.1 cm³/mol. The highest BCUT2D eigenvalue weighted by atomic mass is 16.4. The molecular weight excluding hydrogens is 274 g/mol. The molecule has 0 aliphatic carbocycles. The molecule has 0 spiro atoms. The molecule has 1 heterocycles. The van der Waals surface area contributed by atoms with Crippen molar-refractivity contribution < 1.29 is 14.7 Å². The Bertz CT molecular complexity index is 486. The van der Waals surface area contributed by atoms with Gasteiger partial charge >= 0.3 is 12.0 Å². The molecule has 1 rings (SSSR count). The first-order valence-electron chi connectivity index (χ1n) is 6.95. The number of urea groups is 1. The number of carbonyl (C=O) groups is 2. The second-order valence-electron chi connectivity index (χ2n) is 5.49. The van der Waals surface area contributed by atoms with Gasteiger partial charge in [0, 0.05) is 19.6 Å². The second kappa shape index (κ2) is 7.61. The maximum absolute atomic E-state index is 11.9. The van der Waals surface area contributed by atoms with Gasteiger partial charge in [-0.2, -0.15) is 0 Å². The van der Waals surface area contributed by atoms with Crippen molar-refractivity contribution in [2.75, 3.05) is 13.6 Å². The van der Waals surface area contributed by atoms with Crippen LogP contribution in [0.1, 0.15) is 37.7 Å². The number of nitrogens with zero attached hydrogens (tertiary/aromatic N) is 4. The van der Waals surface area contributed by atoms with E-state index in [-0.39, 0.29) is 17.8 Å². The molecule has 0 aliphatic rings. The van der Waals surface area contributed by atoms with Gasteiger partial charge in [0.15, 0.2) is 5.69 Å². The van der Waals surface area contributed by atoms with E-state index >= 15 is 0 Å². The average molecular weight is 297 g/mol. The minimum atomic E-state index is -1.12. The highest BCUT2D eigenvalue weighted by Crippen LogP contribution is 2.09. The predicted octanol–water partition coefficient (Wildman–Crippen LogP) is 1.05. The summed E-state index contributed by atoms with van der Waals surface area (Å²) in [5, 5.41) is 18.7. The number of amides is 2. The molecule has 2 amide bonds. The smallest absolute Gasteiger partial charge is 0.358 e. The van der Waals surface area contributed by atoms with Crippen LogP contribution in [0.15, 0.2) is 6.20 Å². The Hall–Kier alpha value is -2.12. The van der Waals surface area contributed by atoms with Crippen molar-refractivity contribution in [2.24, 2.45) is 5.92 Å². The third kappa shape index (κ3) is 5.41. The van der Waals surface area contributed by atoms with Crippen LogP contribution in [0.2, 0.25) is 0 Å². The van der Waals surface area contributed by atoms with Crippen molar-refractivity contribution in [1.82, 2.24) is 25.2 Å². The van der Waals surface area contributed by atoms with Crippen LogP contribution in [0.3, 0.4) is 0 Å². The Morgan fingerprint density at radius 2 is 2.10 bits per heavy atom. The molecule has 21 heavy (non-hydrogen) atoms. The van der Waals surface area contributed by atoms with Gasteiger partial charge in [-0.1, -0.05) is 19.1 Å². The third-order valence-electron chi connectivity index (χ3n) is 3.17. The fourth-order valence-corrected chi connectivity index (χ4v) is 1.95. The maximum atomic E-state index is 11.9. The molecule has 0 saturated carbocycles. The first-order chi connectivity index (χ1) is 9.81. The van der Waals surface area contributed by atoms with Gasteiger partial charge in [0.25, 0.3) is 0 Å². The van der Waals surface area contributed by atoms with Gasteiger partial charge in [0.05, 0.1) is 12.7 Å². The molecule has 0 aromatic carbocycles. The van der Waals surface area contributed by atoms with Crippen LogP contribution < -0.4 is 5.32 Å². The number of hydrogen-bond donors (Lipinski definition) is 2. The molecule has 8 nitrogen and oxygen atoms in total. The normalized spacial score (nSPS) is 12.2. The van der Waals surface area contributed by atoms with Crippen LogP contribution >= 0.6 is 0 Å². The molecule has 1 aromatic heterocycles. The lowest BCUT2D eigenvalue weighted by atomic mass is 10.0. The summed E-state index contributed by atoms with van der Waals surface area (Å²) in [4.78, 5) is 24.3. The van der Waals surface area contributed by atoms with E-state index in [1.54, 1.807) is 11.9 Å². The number of aromatic nitrogens is 3. The number of carboxylic acids is 1. The van der Waals surface area contributed by atoms with E-state index < -0.39 is 5.97 Å². The standard InChI is InChI=1S/C13H23N5O3/c1-9(2)7-10(3)17(4)13(21)14-5-6-18-8-11(12(19)20)15-16-18/h8-10H,5-7H2,1-4H3,(H,14,21)(H,19,20). The van der Waals surface area contributed by atoms with Crippen molar-refractivity contribution in [3.63, 3.8) is 0 Å². The number of aromatic carboxylic acids is 1. The number of rotatable bonds is 7. The van der Waals surface area contributed by atoms with Crippen LogP contribution in [0.25, 0.3) is 0 Å². The van der Waals surface area contributed by atoms with E-state index in [2.05, 4.69) is 29.5 Å². The molecule has 0 radical (unpaired) electrons. The maximum Gasteiger partial charge on any atom is 0.358 e. The van der Waals surface area contributed by atoms with Gasteiger partial charge < -0.3 is 15.3 Å². The summed E-state index contributed by atoms with van der Waals surface area (Å²) < 4.78 is 1.39. The van der Waals surface area contributed by atoms with Gasteiger partial charge in [-0.25, -0.2) is 14.3 Å². The van der Waals surface area contributed by atoms with Gasteiger partial charge in [0.2, 0.25) is 0 Å². The monoisotopic (exact) mass is 297 g/mol. The zero-order valence-corrected chi connectivity index (χ0v) is 12.9. The second-order valence-corrected chi connectivity index (χ2v) is 5.49. The largest absolute Gasteiger partial charge is 0.476 e. The Morgan fingerprint density at radius 3 is 2.62 bits per heavy atom. The van der Waals surface area contributed by atoms with Gasteiger partial charge in [-0.15, -0.1) is 5.10 Å². The zero-order chi connectivity index (χ0) is 16.0. The third-order valence-corrected chi connectivity index (χ3v) is 3.17. The fraction of sp³-hybridized carbons (Fsp3) is 0.692. The number of nitrogens with one attached hydrogen (secondary N) is 1. The Kier molecular flexibility index (Phi) is 6.13. The highest BCUT2D eigenvalue weighted by molar-refractivity contribution is 5.84. The van der Waals surface area contributed by atoms with Crippen molar-refractivity contribution in [3.8, 4) is 0 Å². The van der Waals surface area contributed by atoms with E-state index in [4.69, 9.17) is 5.11 Å². The summed E-state index contributed by atoms with van der Waals surface area (Å²) in [7, 11) is 1.76. The van der Waals surface area contributed by atoms with Crippen molar-refractivity contribution in [2.45, 2.75) is 39.8 Å². The molecule has 1 atom stereocenters. The molecule has 1 unspecified atom stereocenters. The summed E-state index contributed by atoms with van der Waals surface area (Å²) in [5.41, 5.74) is -0.107. The number of hydrogen-bond acceptors (Lipinski definition) is 4. The van der Waals surface area contributed by atoms with Crippen LogP contribution in [0.4, 0.5) is 4.79 Å². The van der Waals surface area contributed by atoms with Gasteiger partial charge in [-0.3, -0.25) is 0 Å². The van der Waals surface area contributed by atoms with Crippen molar-refractivity contribution in [3.05, 3.63) is 11.9 Å². The lowest BCUT2D eigenvalue weighted by molar-refractivity contribution is 0.0690. The molecule has 8 heteroatoms. The first-order valence-corrected chi connectivity index (χ1v) is 6.95. The molecule has 0 bridgehead atoms. The van der Waals surface area contributed by atoms with Gasteiger partial charge in [-0.05, 0) is 19.3 Å². The Labute approximate surface area is 124 Å². The van der Waals surface area contributed by atoms with E-state index in [0.717, 1.165) is 6.42 Å². The van der Waals surface area contributed by atoms with Crippen LogP contribution in [0, 0.1) is 5.92 Å². The van der Waals surface area contributed by atoms with E-state index in [0.29, 0.717) is 19.0 Å². The molecular formula is C13H23N5O3. The quantitative estimate of drug-likeness (QED) is 0.783. The summed E-state index contributed by atoms with van der Waals surface area (Å²) in [6, 6.07) is 0.0108. The van der Waals surface area contributed by atoms with E-state index in [1.807, 2.05) is 6.92 Å². The Morgan fingerprint density at radius 1 is 1.43 bits per heavy atom. The van der Waals surface area contributed by atoms with Crippen LogP contribution in [0.5, 0.6) is 0 Å². The first kappa shape index (κ1) is 16.9. The zero-order valence-electron chi connectivity index (χ0n) is 12.9. The minimum Gasteiger partial charge on any atom is -0.476 e. The molecule has 118 valence electrons. The Balaban J connectivity index is 2.37. The summed E-state index contributed by atoms with van der Waals surface area (Å²) in [5.74, 6) is -0.590. The van der Waals surface area contributed by atoms with E-state index in [9.17, 15) is 9.59 Å². The lowest BCUT2D eigenvalue weighted by Gasteiger charge is -2.26. The number of carboxylic acid groups (broad SMARTS) is 1. The molecule has 0 aliphatic heterocycles. The fourth-order valence-electron chi connectivity index (χ4n) is 1.95. The topological polar surface area (TPSA) is 100 Å². The summed E-state index contributed by atoms with van der Waals surface area (Å²) in [6.45, 7) is 6.98. The molecule has 0 fully saturated rings. The molecule has 2 N–H and O–H groups in total. The van der Waals surface area contributed by atoms with Crippen molar-refractivity contribution in [1.29, 1.82) is 0 Å². The van der Waals surface area contributed by atoms with Gasteiger partial charge in [0.1, 0.15) is 0 Å². The van der Waals surface area contributed by atoms with Crippen LogP contribution in [-0.4, -0.2) is 56.6 Å². The molecule has 1 aromatic rings. The van der Waals surface area contributed by atoms with E-state index in [1.165, 1.54) is 10.9 Å². The highest BCUT2D eigenvalue weighted by Gasteiger charge is 2.16. The summed E-state index contributed by atoms with van der Waals surface area (Å²) >= 11 is 0. The molecule has 0 saturated heterocycles. The van der Waals surface area contributed by atoms with Crippen LogP contribution in [-0.2, 0) is 6.54 Å². The summed E-state index contributed by atoms with van der Waals surface area (Å²) in [6.07, 6.45) is 2.27.